The molecule has 1 unspecified atom stereocenters. The molecule has 4 aliphatic rings. The quantitative estimate of drug-likeness (QED) is 0.504. The molecule has 236 valence electrons. The highest BCUT2D eigenvalue weighted by molar-refractivity contribution is 6.03. The summed E-state index contributed by atoms with van der Waals surface area (Å²) in [6, 6.07) is 4.98. The predicted octanol–water partition coefficient (Wildman–Crippen LogP) is 3.09. The van der Waals surface area contributed by atoms with Crippen LogP contribution in [0.3, 0.4) is 0 Å². The lowest BCUT2D eigenvalue weighted by Crippen LogP contribution is -2.47. The number of rotatable bonds is 6. The molecule has 0 bridgehead atoms. The highest BCUT2D eigenvalue weighted by atomic mass is 19.1. The number of amides is 5. The fourth-order valence-corrected chi connectivity index (χ4v) is 6.25. The normalized spacial score (nSPS) is 24.5. The SMILES string of the molecule is CNC(=O)NC1=CC=C2C(CC[C@]23CN(CC(=O)N(Cc2ccc(F)cc2)[C@@H]2CCN(C(=O)OC(C)(C)C)C2)C(=O)O3)C1=O. The van der Waals surface area contributed by atoms with Crippen LogP contribution < -0.4 is 10.6 Å². The molecule has 2 aliphatic heterocycles. The summed E-state index contributed by atoms with van der Waals surface area (Å²) in [6.07, 6.45) is 3.45. The number of fused-ring (bicyclic) bond motifs is 2. The molecular weight excluding hydrogens is 573 g/mol. The van der Waals surface area contributed by atoms with Crippen molar-refractivity contribution in [1.82, 2.24) is 25.3 Å². The van der Waals surface area contributed by atoms with Crippen LogP contribution in [0.4, 0.5) is 18.8 Å². The van der Waals surface area contributed by atoms with E-state index in [2.05, 4.69) is 10.6 Å². The number of halogens is 1. The van der Waals surface area contributed by atoms with E-state index in [1.54, 1.807) is 48.8 Å². The van der Waals surface area contributed by atoms with Crippen LogP contribution in [-0.4, -0.2) is 95.1 Å². The Morgan fingerprint density at radius 3 is 2.55 bits per heavy atom. The van der Waals surface area contributed by atoms with Gasteiger partial charge in [0, 0.05) is 32.6 Å². The molecule has 2 saturated heterocycles. The van der Waals surface area contributed by atoms with Crippen molar-refractivity contribution in [2.75, 3.05) is 33.2 Å². The first kappa shape index (κ1) is 31.0. The summed E-state index contributed by atoms with van der Waals surface area (Å²) >= 11 is 0. The number of Topliss-reactive ketones (excluding diaryl/α,β-unsaturated/α-hetero) is 1. The summed E-state index contributed by atoms with van der Waals surface area (Å²) in [5.74, 6) is -1.54. The van der Waals surface area contributed by atoms with Crippen molar-refractivity contribution in [2.45, 2.75) is 63.8 Å². The third kappa shape index (κ3) is 6.41. The van der Waals surface area contributed by atoms with E-state index in [0.29, 0.717) is 36.9 Å². The molecule has 2 heterocycles. The number of benzene rings is 1. The lowest BCUT2D eigenvalue weighted by molar-refractivity contribution is -0.134. The van der Waals surface area contributed by atoms with Gasteiger partial charge < -0.3 is 29.9 Å². The molecular formula is C31H38FN5O7. The summed E-state index contributed by atoms with van der Waals surface area (Å²) in [4.78, 5) is 69.1. The maximum atomic E-state index is 13.9. The van der Waals surface area contributed by atoms with Crippen LogP contribution in [0, 0.1) is 11.7 Å². The molecule has 12 nitrogen and oxygen atoms in total. The molecule has 2 aliphatic carbocycles. The molecule has 1 aromatic carbocycles. The minimum Gasteiger partial charge on any atom is -0.444 e. The van der Waals surface area contributed by atoms with Crippen LogP contribution in [0.25, 0.3) is 0 Å². The summed E-state index contributed by atoms with van der Waals surface area (Å²) in [6.45, 7) is 6.00. The number of urea groups is 1. The second-order valence-electron chi connectivity index (χ2n) is 12.6. The minimum absolute atomic E-state index is 0.0956. The van der Waals surface area contributed by atoms with Crippen LogP contribution in [-0.2, 0) is 25.6 Å². The van der Waals surface area contributed by atoms with E-state index < -0.39 is 41.2 Å². The predicted molar refractivity (Wildman–Crippen MR) is 155 cm³/mol. The largest absolute Gasteiger partial charge is 0.444 e. The van der Waals surface area contributed by atoms with E-state index in [1.165, 1.54) is 30.2 Å². The Morgan fingerprint density at radius 2 is 1.86 bits per heavy atom. The van der Waals surface area contributed by atoms with Crippen LogP contribution in [0.1, 0.15) is 45.6 Å². The van der Waals surface area contributed by atoms with E-state index in [1.807, 2.05) is 0 Å². The minimum atomic E-state index is -1.05. The molecule has 1 saturated carbocycles. The van der Waals surface area contributed by atoms with Crippen molar-refractivity contribution in [2.24, 2.45) is 5.92 Å². The average Bonchev–Trinajstić information content (AvgIpc) is 3.67. The number of ether oxygens (including phenoxy) is 2. The molecule has 1 spiro atoms. The maximum absolute atomic E-state index is 13.9. The first-order chi connectivity index (χ1) is 20.8. The third-order valence-corrected chi connectivity index (χ3v) is 8.38. The topological polar surface area (TPSA) is 138 Å². The van der Waals surface area contributed by atoms with Crippen molar-refractivity contribution in [3.8, 4) is 0 Å². The average molecular weight is 612 g/mol. The van der Waals surface area contributed by atoms with Gasteiger partial charge in [0.25, 0.3) is 0 Å². The number of nitrogens with zero attached hydrogens (tertiary/aromatic N) is 3. The summed E-state index contributed by atoms with van der Waals surface area (Å²) in [5.41, 5.74) is -0.191. The van der Waals surface area contributed by atoms with Crippen molar-refractivity contribution in [3.63, 3.8) is 0 Å². The zero-order chi connectivity index (χ0) is 31.8. The number of likely N-dealkylation sites (tertiary alicyclic amines) is 1. The first-order valence-electron chi connectivity index (χ1n) is 14.7. The highest BCUT2D eigenvalue weighted by Gasteiger charge is 2.56. The second-order valence-corrected chi connectivity index (χ2v) is 12.6. The molecule has 3 atom stereocenters. The Morgan fingerprint density at radius 1 is 1.14 bits per heavy atom. The van der Waals surface area contributed by atoms with E-state index in [0.717, 1.165) is 0 Å². The summed E-state index contributed by atoms with van der Waals surface area (Å²) < 4.78 is 25.0. The Hall–Kier alpha value is -4.42. The van der Waals surface area contributed by atoms with E-state index in [-0.39, 0.29) is 49.6 Å². The Bertz CT molecular complexity index is 1420. The summed E-state index contributed by atoms with van der Waals surface area (Å²) in [7, 11) is 1.45. The number of carbonyl (C=O) groups is 5. The standard InChI is InChI=1S/C31H38FN5O7/c1-30(2,3)43-28(41)35-14-12-21(16-35)37(15-19-5-7-20(32)8-6-19)25(38)17-36-18-31(44-29(36)42)13-11-22-23(31)9-10-24(26(22)39)34-27(40)33-4/h5-10,21-22H,11-18H2,1-4H3,(H2,33,34,40)/t21-,22?,31+/m1/s1. The summed E-state index contributed by atoms with van der Waals surface area (Å²) in [5, 5.41) is 4.95. The molecule has 5 rings (SSSR count). The molecule has 5 amide bonds. The molecule has 3 fully saturated rings. The van der Waals surface area contributed by atoms with Crippen molar-refractivity contribution < 1.29 is 37.8 Å². The number of allylic oxidation sites excluding steroid dienone is 3. The fraction of sp³-hybridized carbons (Fsp3) is 0.516. The van der Waals surface area contributed by atoms with Gasteiger partial charge in [0.1, 0.15) is 18.0 Å². The number of hydrogen-bond donors (Lipinski definition) is 2. The molecule has 2 N–H and O–H groups in total. The number of hydrogen-bond acceptors (Lipinski definition) is 7. The van der Waals surface area contributed by atoms with Crippen LogP contribution >= 0.6 is 0 Å². The zero-order valence-electron chi connectivity index (χ0n) is 25.4. The van der Waals surface area contributed by atoms with Gasteiger partial charge in [0.15, 0.2) is 11.4 Å². The number of carbonyl (C=O) groups excluding carboxylic acids is 5. The van der Waals surface area contributed by atoms with Gasteiger partial charge in [-0.3, -0.25) is 14.5 Å². The van der Waals surface area contributed by atoms with Crippen molar-refractivity contribution in [3.05, 3.63) is 59.1 Å². The van der Waals surface area contributed by atoms with E-state index in [9.17, 15) is 28.4 Å². The van der Waals surface area contributed by atoms with Gasteiger partial charge in [-0.25, -0.2) is 18.8 Å². The van der Waals surface area contributed by atoms with Gasteiger partial charge in [-0.15, -0.1) is 0 Å². The first-order valence-corrected chi connectivity index (χ1v) is 14.7. The zero-order valence-corrected chi connectivity index (χ0v) is 25.4. The lowest BCUT2D eigenvalue weighted by Gasteiger charge is -2.31. The van der Waals surface area contributed by atoms with Gasteiger partial charge in [-0.2, -0.15) is 0 Å². The van der Waals surface area contributed by atoms with Crippen LogP contribution in [0.2, 0.25) is 0 Å². The van der Waals surface area contributed by atoms with E-state index in [4.69, 9.17) is 9.47 Å². The van der Waals surface area contributed by atoms with Crippen molar-refractivity contribution in [1.29, 1.82) is 0 Å². The Labute approximate surface area is 255 Å². The number of ketones is 1. The Kier molecular flexibility index (Phi) is 8.41. The Balaban J connectivity index is 1.31. The van der Waals surface area contributed by atoms with Gasteiger partial charge in [-0.05, 0) is 69.4 Å². The number of nitrogens with one attached hydrogen (secondary N) is 2. The highest BCUT2D eigenvalue weighted by Crippen LogP contribution is 2.48. The molecule has 0 radical (unpaired) electrons. The third-order valence-electron chi connectivity index (χ3n) is 8.38. The van der Waals surface area contributed by atoms with Crippen LogP contribution in [0.15, 0.2) is 47.7 Å². The molecule has 13 heteroatoms. The lowest BCUT2D eigenvalue weighted by atomic mass is 9.85. The fourth-order valence-electron chi connectivity index (χ4n) is 6.25. The smallest absolute Gasteiger partial charge is 0.411 e. The van der Waals surface area contributed by atoms with Crippen LogP contribution in [0.5, 0.6) is 0 Å². The van der Waals surface area contributed by atoms with Crippen molar-refractivity contribution >= 4 is 29.9 Å². The van der Waals surface area contributed by atoms with Gasteiger partial charge in [-0.1, -0.05) is 18.2 Å². The van der Waals surface area contributed by atoms with Gasteiger partial charge >= 0.3 is 18.2 Å². The molecule has 1 aromatic rings. The monoisotopic (exact) mass is 611 g/mol. The maximum Gasteiger partial charge on any atom is 0.411 e. The van der Waals surface area contributed by atoms with Gasteiger partial charge in [0.05, 0.1) is 18.3 Å². The molecule has 0 aromatic heterocycles. The molecule has 44 heavy (non-hydrogen) atoms. The van der Waals surface area contributed by atoms with E-state index >= 15 is 0 Å². The second kappa shape index (κ2) is 11.9. The van der Waals surface area contributed by atoms with Gasteiger partial charge in [0.2, 0.25) is 5.91 Å².